The van der Waals surface area contributed by atoms with Crippen LogP contribution in [0.1, 0.15) is 13.3 Å². The summed E-state index contributed by atoms with van der Waals surface area (Å²) < 4.78 is 37.7. The third-order valence-corrected chi connectivity index (χ3v) is 4.73. The van der Waals surface area contributed by atoms with Gasteiger partial charge < -0.3 is 15.1 Å². The van der Waals surface area contributed by atoms with E-state index >= 15 is 0 Å². The van der Waals surface area contributed by atoms with Gasteiger partial charge in [0, 0.05) is 64.2 Å². The quantitative estimate of drug-likeness (QED) is 0.621. The standard InChI is InChI=1S/C17H26F3N7/c1-2-21-16(24-14-4-7-25(12-14)13-17(18,19)20)27-10-8-26(9-11-27)15-22-5-3-6-23-15/h3,5-6,14H,2,4,7-13H2,1H3,(H,21,24). The summed E-state index contributed by atoms with van der Waals surface area (Å²) >= 11 is 0. The molecule has 2 saturated heterocycles. The molecule has 1 aromatic heterocycles. The minimum Gasteiger partial charge on any atom is -0.352 e. The molecule has 0 radical (unpaired) electrons. The molecule has 1 unspecified atom stereocenters. The van der Waals surface area contributed by atoms with Crippen LogP contribution in [-0.4, -0.2) is 90.3 Å². The number of guanidine groups is 1. The van der Waals surface area contributed by atoms with Gasteiger partial charge in [-0.1, -0.05) is 0 Å². The van der Waals surface area contributed by atoms with E-state index in [-0.39, 0.29) is 6.04 Å². The summed E-state index contributed by atoms with van der Waals surface area (Å²) in [6, 6.07) is 1.78. The second kappa shape index (κ2) is 8.73. The Kier molecular flexibility index (Phi) is 6.35. The molecule has 0 amide bonds. The zero-order valence-corrected chi connectivity index (χ0v) is 15.5. The average molecular weight is 385 g/mol. The zero-order valence-electron chi connectivity index (χ0n) is 15.5. The first kappa shape index (κ1) is 19.7. The largest absolute Gasteiger partial charge is 0.401 e. The number of nitrogens with zero attached hydrogens (tertiary/aromatic N) is 6. The van der Waals surface area contributed by atoms with Gasteiger partial charge in [0.05, 0.1) is 6.54 Å². The predicted molar refractivity (Wildman–Crippen MR) is 97.8 cm³/mol. The van der Waals surface area contributed by atoms with E-state index in [0.29, 0.717) is 26.1 Å². The summed E-state index contributed by atoms with van der Waals surface area (Å²) in [6.07, 6.45) is 0.00174. The second-order valence-corrected chi connectivity index (χ2v) is 6.80. The SMILES string of the molecule is CCN=C(NC1CCN(CC(F)(F)F)C1)N1CCN(c2ncccn2)CC1. The lowest BCUT2D eigenvalue weighted by molar-refractivity contribution is -0.143. The van der Waals surface area contributed by atoms with Crippen molar-refractivity contribution in [2.45, 2.75) is 25.6 Å². The van der Waals surface area contributed by atoms with Crippen molar-refractivity contribution in [2.75, 3.05) is 57.3 Å². The Hall–Kier alpha value is -2.10. The van der Waals surface area contributed by atoms with Crippen LogP contribution in [0.3, 0.4) is 0 Å². The Morgan fingerprint density at radius 1 is 1.19 bits per heavy atom. The van der Waals surface area contributed by atoms with Crippen molar-refractivity contribution in [1.82, 2.24) is 25.1 Å². The van der Waals surface area contributed by atoms with Gasteiger partial charge in [-0.05, 0) is 19.4 Å². The van der Waals surface area contributed by atoms with Crippen LogP contribution >= 0.6 is 0 Å². The van der Waals surface area contributed by atoms with Crippen molar-refractivity contribution < 1.29 is 13.2 Å². The number of hydrogen-bond acceptors (Lipinski definition) is 5. The Balaban J connectivity index is 1.52. The van der Waals surface area contributed by atoms with E-state index in [9.17, 15) is 13.2 Å². The number of piperazine rings is 1. The fraction of sp³-hybridized carbons (Fsp3) is 0.706. The molecule has 0 saturated carbocycles. The predicted octanol–water partition coefficient (Wildman–Crippen LogP) is 1.20. The summed E-state index contributed by atoms with van der Waals surface area (Å²) in [4.78, 5) is 18.9. The number of alkyl halides is 3. The fourth-order valence-corrected chi connectivity index (χ4v) is 3.49. The lowest BCUT2D eigenvalue weighted by atomic mass is 10.2. The summed E-state index contributed by atoms with van der Waals surface area (Å²) in [5, 5.41) is 3.37. The molecule has 0 bridgehead atoms. The van der Waals surface area contributed by atoms with Crippen molar-refractivity contribution >= 4 is 11.9 Å². The third-order valence-electron chi connectivity index (χ3n) is 4.73. The molecule has 2 aliphatic rings. The van der Waals surface area contributed by atoms with Gasteiger partial charge in [-0.25, -0.2) is 9.97 Å². The molecular formula is C17H26F3N7. The number of anilines is 1. The fourth-order valence-electron chi connectivity index (χ4n) is 3.49. The number of halogens is 3. The van der Waals surface area contributed by atoms with Crippen molar-refractivity contribution in [3.63, 3.8) is 0 Å². The smallest absolute Gasteiger partial charge is 0.352 e. The highest BCUT2D eigenvalue weighted by molar-refractivity contribution is 5.80. The lowest BCUT2D eigenvalue weighted by Crippen LogP contribution is -2.55. The molecule has 0 spiro atoms. The maximum atomic E-state index is 12.6. The first-order valence-corrected chi connectivity index (χ1v) is 9.31. The Morgan fingerprint density at radius 3 is 2.52 bits per heavy atom. The van der Waals surface area contributed by atoms with E-state index in [4.69, 9.17) is 0 Å². The molecular weight excluding hydrogens is 359 g/mol. The number of aromatic nitrogens is 2. The van der Waals surface area contributed by atoms with Crippen LogP contribution in [0.5, 0.6) is 0 Å². The molecule has 0 aromatic carbocycles. The molecule has 1 aromatic rings. The molecule has 27 heavy (non-hydrogen) atoms. The topological polar surface area (TPSA) is 59.9 Å². The van der Waals surface area contributed by atoms with Crippen molar-refractivity contribution in [3.8, 4) is 0 Å². The number of nitrogens with one attached hydrogen (secondary N) is 1. The highest BCUT2D eigenvalue weighted by Crippen LogP contribution is 2.20. The Bertz CT molecular complexity index is 615. The van der Waals surface area contributed by atoms with E-state index in [0.717, 1.165) is 38.1 Å². The molecule has 1 atom stereocenters. The molecule has 2 aliphatic heterocycles. The summed E-state index contributed by atoms with van der Waals surface area (Å²) in [6.45, 7) is 5.67. The van der Waals surface area contributed by atoms with Crippen LogP contribution in [0.2, 0.25) is 0 Å². The minimum atomic E-state index is -4.15. The minimum absolute atomic E-state index is 0.00636. The number of likely N-dealkylation sites (tertiary alicyclic amines) is 1. The van der Waals surface area contributed by atoms with Gasteiger partial charge in [0.25, 0.3) is 0 Å². The Labute approximate surface area is 157 Å². The van der Waals surface area contributed by atoms with Crippen LogP contribution in [-0.2, 0) is 0 Å². The van der Waals surface area contributed by atoms with Crippen LogP contribution < -0.4 is 10.2 Å². The van der Waals surface area contributed by atoms with Gasteiger partial charge in [-0.2, -0.15) is 13.2 Å². The van der Waals surface area contributed by atoms with Crippen LogP contribution in [0.4, 0.5) is 19.1 Å². The zero-order chi connectivity index (χ0) is 19.3. The first-order valence-electron chi connectivity index (χ1n) is 9.31. The highest BCUT2D eigenvalue weighted by Gasteiger charge is 2.35. The molecule has 10 heteroatoms. The Morgan fingerprint density at radius 2 is 1.89 bits per heavy atom. The average Bonchev–Trinajstić information content (AvgIpc) is 3.07. The van der Waals surface area contributed by atoms with Crippen molar-refractivity contribution in [2.24, 2.45) is 4.99 Å². The van der Waals surface area contributed by atoms with E-state index in [1.807, 2.05) is 6.92 Å². The van der Waals surface area contributed by atoms with Gasteiger partial charge in [0.1, 0.15) is 0 Å². The van der Waals surface area contributed by atoms with Gasteiger partial charge in [-0.3, -0.25) is 9.89 Å². The highest BCUT2D eigenvalue weighted by atomic mass is 19.4. The lowest BCUT2D eigenvalue weighted by Gasteiger charge is -2.37. The summed E-state index contributed by atoms with van der Waals surface area (Å²) in [5.74, 6) is 1.50. The van der Waals surface area contributed by atoms with E-state index < -0.39 is 12.7 Å². The van der Waals surface area contributed by atoms with Crippen LogP contribution in [0, 0.1) is 0 Å². The van der Waals surface area contributed by atoms with Gasteiger partial charge in [0.2, 0.25) is 5.95 Å². The van der Waals surface area contributed by atoms with Gasteiger partial charge in [0.15, 0.2) is 5.96 Å². The van der Waals surface area contributed by atoms with Gasteiger partial charge in [-0.15, -0.1) is 0 Å². The van der Waals surface area contributed by atoms with Crippen molar-refractivity contribution in [3.05, 3.63) is 18.5 Å². The summed E-state index contributed by atoms with van der Waals surface area (Å²) in [7, 11) is 0. The van der Waals surface area contributed by atoms with Crippen LogP contribution in [0.25, 0.3) is 0 Å². The summed E-state index contributed by atoms with van der Waals surface area (Å²) in [5.41, 5.74) is 0. The number of rotatable bonds is 4. The molecule has 0 aliphatic carbocycles. The third kappa shape index (κ3) is 5.69. The molecule has 3 heterocycles. The normalized spacial score (nSPS) is 22.4. The van der Waals surface area contributed by atoms with E-state index in [1.165, 1.54) is 4.90 Å². The van der Waals surface area contributed by atoms with Crippen molar-refractivity contribution in [1.29, 1.82) is 0 Å². The molecule has 150 valence electrons. The van der Waals surface area contributed by atoms with E-state index in [2.05, 4.69) is 30.1 Å². The molecule has 7 nitrogen and oxygen atoms in total. The van der Waals surface area contributed by atoms with Gasteiger partial charge >= 0.3 is 6.18 Å². The molecule has 2 fully saturated rings. The first-order chi connectivity index (χ1) is 12.9. The van der Waals surface area contributed by atoms with Crippen LogP contribution in [0.15, 0.2) is 23.5 Å². The second-order valence-electron chi connectivity index (χ2n) is 6.80. The maximum Gasteiger partial charge on any atom is 0.401 e. The van der Waals surface area contributed by atoms with E-state index in [1.54, 1.807) is 18.5 Å². The monoisotopic (exact) mass is 385 g/mol. The molecule has 3 rings (SSSR count). The number of aliphatic imine (C=N–C) groups is 1. The molecule has 1 N–H and O–H groups in total. The number of hydrogen-bond donors (Lipinski definition) is 1. The maximum absolute atomic E-state index is 12.6.